The summed E-state index contributed by atoms with van der Waals surface area (Å²) in [5.74, 6) is -1.47. The summed E-state index contributed by atoms with van der Waals surface area (Å²) in [6, 6.07) is 2.16. The number of rotatable bonds is 2. The zero-order valence-electron chi connectivity index (χ0n) is 8.19. The summed E-state index contributed by atoms with van der Waals surface area (Å²) >= 11 is 10.7. The van der Waals surface area contributed by atoms with E-state index < -0.39 is 11.6 Å². The number of nitrogens with one attached hydrogen (secondary N) is 2. The van der Waals surface area contributed by atoms with Gasteiger partial charge in [0.2, 0.25) is 0 Å². The van der Waals surface area contributed by atoms with Gasteiger partial charge in [0, 0.05) is 12.1 Å². The van der Waals surface area contributed by atoms with Gasteiger partial charge in [0.15, 0.2) is 10.9 Å². The molecule has 1 aliphatic rings. The maximum Gasteiger partial charge on any atom is 0.171 e. The van der Waals surface area contributed by atoms with Gasteiger partial charge in [-0.1, -0.05) is 11.6 Å². The second-order valence-corrected chi connectivity index (χ2v) is 4.43. The molecule has 0 radical (unpaired) electrons. The summed E-state index contributed by atoms with van der Waals surface area (Å²) in [4.78, 5) is 0. The second kappa shape index (κ2) is 4.51. The van der Waals surface area contributed by atoms with Gasteiger partial charge in [0.05, 0.1) is 10.7 Å². The summed E-state index contributed by atoms with van der Waals surface area (Å²) in [6.45, 7) is 0. The van der Waals surface area contributed by atoms with E-state index in [0.29, 0.717) is 11.2 Å². The van der Waals surface area contributed by atoms with E-state index in [-0.39, 0.29) is 10.7 Å². The summed E-state index contributed by atoms with van der Waals surface area (Å²) in [5.41, 5.74) is 0.00113. The highest BCUT2D eigenvalue weighted by molar-refractivity contribution is 7.80. The number of hydrogen-bond donors (Lipinski definition) is 2. The molecule has 0 aromatic heterocycles. The van der Waals surface area contributed by atoms with Crippen LogP contribution in [-0.4, -0.2) is 11.2 Å². The Hall–Kier alpha value is -0.940. The lowest BCUT2D eigenvalue weighted by atomic mass is 10.3. The van der Waals surface area contributed by atoms with Crippen LogP contribution in [0.5, 0.6) is 0 Å². The van der Waals surface area contributed by atoms with Crippen LogP contribution in [0.25, 0.3) is 0 Å². The molecule has 2 N–H and O–H groups in total. The maximum absolute atomic E-state index is 13.4. The largest absolute Gasteiger partial charge is 0.360 e. The van der Waals surface area contributed by atoms with Crippen LogP contribution in [0.4, 0.5) is 14.5 Å². The molecule has 0 amide bonds. The Labute approximate surface area is 102 Å². The summed E-state index contributed by atoms with van der Waals surface area (Å²) in [5, 5.41) is 5.87. The third-order valence-corrected chi connectivity index (χ3v) is 2.68. The smallest absolute Gasteiger partial charge is 0.171 e. The van der Waals surface area contributed by atoms with Crippen molar-refractivity contribution in [1.82, 2.24) is 5.32 Å². The average Bonchev–Trinajstić information content (AvgIpc) is 2.95. The molecule has 1 aromatic rings. The van der Waals surface area contributed by atoms with Crippen LogP contribution in [-0.2, 0) is 0 Å². The van der Waals surface area contributed by atoms with Crippen LogP contribution >= 0.6 is 23.8 Å². The van der Waals surface area contributed by atoms with Gasteiger partial charge in [-0.2, -0.15) is 0 Å². The van der Waals surface area contributed by atoms with Gasteiger partial charge < -0.3 is 10.6 Å². The molecule has 0 bridgehead atoms. The topological polar surface area (TPSA) is 24.1 Å². The maximum atomic E-state index is 13.4. The molecule has 0 heterocycles. The molecule has 2 rings (SSSR count). The molecule has 1 aliphatic carbocycles. The minimum absolute atomic E-state index is 0.00113. The normalized spacial score (nSPS) is 14.7. The van der Waals surface area contributed by atoms with Crippen molar-refractivity contribution in [3.63, 3.8) is 0 Å². The molecule has 1 fully saturated rings. The minimum atomic E-state index is -0.759. The fraction of sp³-hybridized carbons (Fsp3) is 0.300. The standard InChI is InChI=1S/C10H9ClF2N2S/c11-7-3-5(12)4-8(13)9(7)15-10(16)14-6-1-2-6/h3-4,6H,1-2H2,(H2,14,15,16). The first-order valence-corrected chi connectivity index (χ1v) is 5.57. The minimum Gasteiger partial charge on any atom is -0.360 e. The van der Waals surface area contributed by atoms with Crippen LogP contribution in [0.15, 0.2) is 12.1 Å². The lowest BCUT2D eigenvalue weighted by Crippen LogP contribution is -2.30. The van der Waals surface area contributed by atoms with Crippen molar-refractivity contribution < 1.29 is 8.78 Å². The first-order valence-electron chi connectivity index (χ1n) is 4.78. The third-order valence-electron chi connectivity index (χ3n) is 2.16. The van der Waals surface area contributed by atoms with E-state index in [1.165, 1.54) is 0 Å². The Balaban J connectivity index is 2.10. The third kappa shape index (κ3) is 2.80. The molecule has 6 heteroatoms. The van der Waals surface area contributed by atoms with Gasteiger partial charge in [-0.05, 0) is 31.1 Å². The van der Waals surface area contributed by atoms with E-state index >= 15 is 0 Å². The predicted molar refractivity (Wildman–Crippen MR) is 63.7 cm³/mol. The Morgan fingerprint density at radius 2 is 2.06 bits per heavy atom. The molecule has 0 atom stereocenters. The quantitative estimate of drug-likeness (QED) is 0.801. The summed E-state index contributed by atoms with van der Waals surface area (Å²) in [6.07, 6.45) is 2.11. The van der Waals surface area contributed by atoms with Crippen molar-refractivity contribution in [3.05, 3.63) is 28.8 Å². The van der Waals surface area contributed by atoms with E-state index in [9.17, 15) is 8.78 Å². The molecule has 1 aromatic carbocycles. The number of anilines is 1. The molecule has 16 heavy (non-hydrogen) atoms. The van der Waals surface area contributed by atoms with Crippen LogP contribution in [0.1, 0.15) is 12.8 Å². The molecular formula is C10H9ClF2N2S. The molecule has 86 valence electrons. The Bertz CT molecular complexity index is 412. The highest BCUT2D eigenvalue weighted by Gasteiger charge is 2.22. The summed E-state index contributed by atoms with van der Waals surface area (Å²) in [7, 11) is 0. The van der Waals surface area contributed by atoms with Crippen LogP contribution < -0.4 is 10.6 Å². The van der Waals surface area contributed by atoms with Gasteiger partial charge in [-0.15, -0.1) is 0 Å². The van der Waals surface area contributed by atoms with Gasteiger partial charge in [0.25, 0.3) is 0 Å². The van der Waals surface area contributed by atoms with E-state index in [0.717, 1.165) is 25.0 Å². The van der Waals surface area contributed by atoms with Crippen molar-refractivity contribution in [2.45, 2.75) is 18.9 Å². The monoisotopic (exact) mass is 262 g/mol. The lowest BCUT2D eigenvalue weighted by Gasteiger charge is -2.11. The van der Waals surface area contributed by atoms with Crippen LogP contribution in [0, 0.1) is 11.6 Å². The Kier molecular flexibility index (Phi) is 3.25. The van der Waals surface area contributed by atoms with Crippen molar-refractivity contribution in [3.8, 4) is 0 Å². The predicted octanol–water partition coefficient (Wildman–Crippen LogP) is 3.07. The first kappa shape index (κ1) is 11.5. The zero-order chi connectivity index (χ0) is 11.7. The molecule has 0 aliphatic heterocycles. The zero-order valence-corrected chi connectivity index (χ0v) is 9.76. The van der Waals surface area contributed by atoms with E-state index in [1.54, 1.807) is 0 Å². The molecular weight excluding hydrogens is 254 g/mol. The molecule has 2 nitrogen and oxygen atoms in total. The average molecular weight is 263 g/mol. The fourth-order valence-corrected chi connectivity index (χ4v) is 1.73. The first-order chi connectivity index (χ1) is 7.56. The Morgan fingerprint density at radius 1 is 1.38 bits per heavy atom. The highest BCUT2D eigenvalue weighted by Crippen LogP contribution is 2.26. The van der Waals surface area contributed by atoms with Gasteiger partial charge in [0.1, 0.15) is 5.82 Å². The van der Waals surface area contributed by atoms with Crippen molar-refractivity contribution in [2.24, 2.45) is 0 Å². The second-order valence-electron chi connectivity index (χ2n) is 3.62. The van der Waals surface area contributed by atoms with Crippen molar-refractivity contribution in [1.29, 1.82) is 0 Å². The molecule has 0 unspecified atom stereocenters. The molecule has 1 saturated carbocycles. The number of benzene rings is 1. The molecule has 0 saturated heterocycles. The number of hydrogen-bond acceptors (Lipinski definition) is 1. The lowest BCUT2D eigenvalue weighted by molar-refractivity contribution is 0.586. The van der Waals surface area contributed by atoms with E-state index in [2.05, 4.69) is 10.6 Å². The van der Waals surface area contributed by atoms with Gasteiger partial charge >= 0.3 is 0 Å². The van der Waals surface area contributed by atoms with Crippen LogP contribution in [0.2, 0.25) is 5.02 Å². The number of halogens is 3. The van der Waals surface area contributed by atoms with Gasteiger partial charge in [-0.3, -0.25) is 0 Å². The molecule has 0 spiro atoms. The number of thiocarbonyl (C=S) groups is 1. The van der Waals surface area contributed by atoms with E-state index in [1.807, 2.05) is 0 Å². The van der Waals surface area contributed by atoms with Gasteiger partial charge in [-0.25, -0.2) is 8.78 Å². The van der Waals surface area contributed by atoms with E-state index in [4.69, 9.17) is 23.8 Å². The SMILES string of the molecule is Fc1cc(F)c(NC(=S)NC2CC2)c(Cl)c1. The van der Waals surface area contributed by atoms with Crippen molar-refractivity contribution in [2.75, 3.05) is 5.32 Å². The van der Waals surface area contributed by atoms with Crippen molar-refractivity contribution >= 4 is 34.6 Å². The summed E-state index contributed by atoms with van der Waals surface area (Å²) < 4.78 is 26.1. The fourth-order valence-electron chi connectivity index (χ4n) is 1.22. The Morgan fingerprint density at radius 3 is 2.62 bits per heavy atom. The van der Waals surface area contributed by atoms with Crippen LogP contribution in [0.3, 0.4) is 0 Å². The highest BCUT2D eigenvalue weighted by atomic mass is 35.5.